The molecule has 0 heterocycles. The summed E-state index contributed by atoms with van der Waals surface area (Å²) in [5.74, 6) is -0.688. The van der Waals surface area contributed by atoms with Crippen molar-refractivity contribution in [2.24, 2.45) is 5.10 Å². The van der Waals surface area contributed by atoms with Crippen LogP contribution in [0.1, 0.15) is 21.5 Å². The molecule has 0 aromatic heterocycles. The number of nitrogens with one attached hydrogen (secondary N) is 1. The topological polar surface area (TPSA) is 128 Å². The number of aryl methyl sites for hydroxylation is 1. The van der Waals surface area contributed by atoms with E-state index in [2.05, 4.69) is 10.5 Å². The summed E-state index contributed by atoms with van der Waals surface area (Å²) in [5, 5.41) is 14.8. The molecular weight excluding hydrogens is 422 g/mol. The van der Waals surface area contributed by atoms with Gasteiger partial charge in [-0.05, 0) is 42.8 Å². The molecule has 158 valence electrons. The Balaban J connectivity index is 1.71. The van der Waals surface area contributed by atoms with Gasteiger partial charge in [-0.15, -0.1) is 0 Å². The van der Waals surface area contributed by atoms with Gasteiger partial charge in [-0.25, -0.2) is 5.43 Å². The van der Waals surface area contributed by atoms with Crippen LogP contribution in [-0.2, 0) is 10.1 Å². The molecule has 3 aromatic rings. The van der Waals surface area contributed by atoms with E-state index >= 15 is 0 Å². The van der Waals surface area contributed by atoms with Crippen molar-refractivity contribution in [3.05, 3.63) is 99.6 Å². The molecule has 0 aliphatic rings. The summed E-state index contributed by atoms with van der Waals surface area (Å²) < 4.78 is 30.0. The third-order valence-corrected chi connectivity index (χ3v) is 5.36. The van der Waals surface area contributed by atoms with Crippen LogP contribution in [0.15, 0.2) is 82.8 Å². The normalized spacial score (nSPS) is 11.3. The van der Waals surface area contributed by atoms with Crippen molar-refractivity contribution < 1.29 is 22.3 Å². The number of rotatable bonds is 7. The van der Waals surface area contributed by atoms with Gasteiger partial charge < -0.3 is 4.18 Å². The number of nitrogens with zero attached hydrogens (tertiary/aromatic N) is 2. The predicted molar refractivity (Wildman–Crippen MR) is 114 cm³/mol. The Morgan fingerprint density at radius 3 is 2.48 bits per heavy atom. The van der Waals surface area contributed by atoms with Crippen molar-refractivity contribution in [3.63, 3.8) is 0 Å². The molecule has 0 radical (unpaired) electrons. The maximum atomic E-state index is 12.4. The molecule has 10 heteroatoms. The molecule has 1 N–H and O–H groups in total. The predicted octanol–water partition coefficient (Wildman–Crippen LogP) is 3.43. The number of nitro groups is 1. The molecule has 3 aromatic carbocycles. The fraction of sp³-hybridized carbons (Fsp3) is 0.0476. The van der Waals surface area contributed by atoms with Gasteiger partial charge in [-0.2, -0.15) is 13.5 Å². The zero-order chi connectivity index (χ0) is 22.4. The van der Waals surface area contributed by atoms with Crippen LogP contribution in [0.25, 0.3) is 0 Å². The van der Waals surface area contributed by atoms with E-state index in [0.717, 1.165) is 5.56 Å². The summed E-state index contributed by atoms with van der Waals surface area (Å²) in [6.07, 6.45) is 1.26. The van der Waals surface area contributed by atoms with Crippen molar-refractivity contribution in [3.8, 4) is 5.75 Å². The third kappa shape index (κ3) is 5.52. The lowest BCUT2D eigenvalue weighted by molar-refractivity contribution is -0.385. The number of carbonyl (C=O) groups is 1. The van der Waals surface area contributed by atoms with Crippen molar-refractivity contribution in [1.29, 1.82) is 0 Å². The lowest BCUT2D eigenvalue weighted by atomic mass is 10.2. The van der Waals surface area contributed by atoms with Gasteiger partial charge in [0.2, 0.25) is 0 Å². The molecule has 0 atom stereocenters. The molecule has 0 aliphatic carbocycles. The van der Waals surface area contributed by atoms with E-state index in [-0.39, 0.29) is 21.9 Å². The fourth-order valence-corrected chi connectivity index (χ4v) is 3.50. The van der Waals surface area contributed by atoms with Gasteiger partial charge in [-0.1, -0.05) is 42.0 Å². The number of carbonyl (C=O) groups excluding carboxylic acids is 1. The zero-order valence-corrected chi connectivity index (χ0v) is 17.1. The van der Waals surface area contributed by atoms with E-state index in [1.54, 1.807) is 24.3 Å². The summed E-state index contributed by atoms with van der Waals surface area (Å²) in [4.78, 5) is 22.5. The number of nitro benzene ring substituents is 1. The molecule has 1 amide bonds. The molecular formula is C21H17N3O6S. The van der Waals surface area contributed by atoms with Crippen molar-refractivity contribution >= 4 is 27.9 Å². The molecule has 31 heavy (non-hydrogen) atoms. The van der Waals surface area contributed by atoms with Crippen LogP contribution in [0.3, 0.4) is 0 Å². The lowest BCUT2D eigenvalue weighted by Gasteiger charge is -2.07. The van der Waals surface area contributed by atoms with Crippen LogP contribution in [0, 0.1) is 17.0 Å². The molecule has 0 aliphatic heterocycles. The van der Waals surface area contributed by atoms with Gasteiger partial charge in [-0.3, -0.25) is 14.9 Å². The summed E-state index contributed by atoms with van der Waals surface area (Å²) in [6.45, 7) is 1.84. The second kappa shape index (κ2) is 9.18. The van der Waals surface area contributed by atoms with Crippen LogP contribution >= 0.6 is 0 Å². The Morgan fingerprint density at radius 1 is 1.06 bits per heavy atom. The molecule has 0 bridgehead atoms. The monoisotopic (exact) mass is 439 g/mol. The Labute approximate surface area is 178 Å². The average molecular weight is 439 g/mol. The maximum Gasteiger partial charge on any atom is 0.339 e. The van der Waals surface area contributed by atoms with Crippen LogP contribution in [-0.4, -0.2) is 25.5 Å². The second-order valence-electron chi connectivity index (χ2n) is 6.40. The van der Waals surface area contributed by atoms with E-state index in [1.165, 1.54) is 54.7 Å². The number of hydrazone groups is 1. The number of hydrogen-bond donors (Lipinski definition) is 1. The highest BCUT2D eigenvalue weighted by molar-refractivity contribution is 7.87. The number of para-hydroxylation sites is 1. The Morgan fingerprint density at radius 2 is 1.77 bits per heavy atom. The quantitative estimate of drug-likeness (QED) is 0.260. The largest absolute Gasteiger partial charge is 0.379 e. The first-order valence-corrected chi connectivity index (χ1v) is 10.3. The Hall–Kier alpha value is -4.05. The highest BCUT2D eigenvalue weighted by Crippen LogP contribution is 2.20. The minimum Gasteiger partial charge on any atom is -0.379 e. The van der Waals surface area contributed by atoms with E-state index in [1.807, 2.05) is 6.92 Å². The van der Waals surface area contributed by atoms with Crippen LogP contribution < -0.4 is 9.61 Å². The molecule has 0 saturated carbocycles. The molecule has 0 fully saturated rings. The zero-order valence-electron chi connectivity index (χ0n) is 16.3. The van der Waals surface area contributed by atoms with E-state index in [4.69, 9.17) is 4.18 Å². The summed E-state index contributed by atoms with van der Waals surface area (Å²) in [7, 11) is -4.01. The molecule has 9 nitrogen and oxygen atoms in total. The van der Waals surface area contributed by atoms with Gasteiger partial charge in [0.05, 0.1) is 11.1 Å². The summed E-state index contributed by atoms with van der Waals surface area (Å²) in [5.41, 5.74) is 3.09. The fourth-order valence-electron chi connectivity index (χ4n) is 2.58. The molecule has 0 spiro atoms. The standard InChI is InChI=1S/C21H17N3O6S/c1-15-9-11-18(12-10-15)31(28,29)30-17-6-4-5-16(13-17)14-22-23-21(25)19-7-2-3-8-20(19)24(26)27/h2-14H,1H3,(H,23,25)/b22-14-. The second-order valence-corrected chi connectivity index (χ2v) is 7.94. The molecule has 0 saturated heterocycles. The van der Waals surface area contributed by atoms with Gasteiger partial charge in [0.1, 0.15) is 16.2 Å². The highest BCUT2D eigenvalue weighted by atomic mass is 32.2. The first kappa shape index (κ1) is 21.7. The summed E-state index contributed by atoms with van der Waals surface area (Å²) >= 11 is 0. The van der Waals surface area contributed by atoms with Gasteiger partial charge in [0.25, 0.3) is 11.6 Å². The highest BCUT2D eigenvalue weighted by Gasteiger charge is 2.19. The van der Waals surface area contributed by atoms with Gasteiger partial charge >= 0.3 is 10.1 Å². The Kier molecular flexibility index (Phi) is 6.41. The summed E-state index contributed by atoms with van der Waals surface area (Å²) in [6, 6.07) is 17.8. The number of hydrogen-bond acceptors (Lipinski definition) is 7. The van der Waals surface area contributed by atoms with Crippen molar-refractivity contribution in [2.75, 3.05) is 0 Å². The van der Waals surface area contributed by atoms with E-state index in [9.17, 15) is 23.3 Å². The van der Waals surface area contributed by atoms with Gasteiger partial charge in [0, 0.05) is 6.07 Å². The number of benzene rings is 3. The van der Waals surface area contributed by atoms with Crippen molar-refractivity contribution in [2.45, 2.75) is 11.8 Å². The van der Waals surface area contributed by atoms with Crippen molar-refractivity contribution in [1.82, 2.24) is 5.43 Å². The van der Waals surface area contributed by atoms with Crippen LogP contribution in [0.4, 0.5) is 5.69 Å². The van der Waals surface area contributed by atoms with Gasteiger partial charge in [0.15, 0.2) is 0 Å². The molecule has 3 rings (SSSR count). The minimum atomic E-state index is -4.01. The first-order valence-electron chi connectivity index (χ1n) is 8.94. The Bertz CT molecular complexity index is 1250. The SMILES string of the molecule is Cc1ccc(S(=O)(=O)Oc2cccc(/C=N\NC(=O)c3ccccc3[N+](=O)[O-])c2)cc1. The van der Waals surface area contributed by atoms with E-state index in [0.29, 0.717) is 5.56 Å². The van der Waals surface area contributed by atoms with Crippen LogP contribution in [0.2, 0.25) is 0 Å². The average Bonchev–Trinajstić information content (AvgIpc) is 2.74. The minimum absolute atomic E-state index is 0.0221. The van der Waals surface area contributed by atoms with E-state index < -0.39 is 20.9 Å². The lowest BCUT2D eigenvalue weighted by Crippen LogP contribution is -2.18. The third-order valence-electron chi connectivity index (χ3n) is 4.10. The maximum absolute atomic E-state index is 12.4. The smallest absolute Gasteiger partial charge is 0.339 e. The molecule has 0 unspecified atom stereocenters. The first-order chi connectivity index (χ1) is 14.8. The van der Waals surface area contributed by atoms with Crippen LogP contribution in [0.5, 0.6) is 5.75 Å². The number of amides is 1.